The Morgan fingerprint density at radius 1 is 1.31 bits per heavy atom. The third-order valence-corrected chi connectivity index (χ3v) is 6.98. The number of methoxy groups -OCH3 is 1. The largest absolute Gasteiger partial charge is 0.495 e. The zero-order chi connectivity index (χ0) is 23.1. The predicted octanol–water partition coefficient (Wildman–Crippen LogP) is 3.86. The lowest BCUT2D eigenvalue weighted by Crippen LogP contribution is -2.30. The molecule has 1 aliphatic carbocycles. The van der Waals surface area contributed by atoms with Crippen LogP contribution in [0.5, 0.6) is 5.75 Å². The van der Waals surface area contributed by atoms with E-state index in [1.807, 2.05) is 4.57 Å². The second kappa shape index (κ2) is 11.7. The van der Waals surface area contributed by atoms with Crippen molar-refractivity contribution in [3.63, 3.8) is 0 Å². The molecule has 2 aromatic rings. The van der Waals surface area contributed by atoms with Gasteiger partial charge in [-0.3, -0.25) is 9.36 Å². The Hall–Kier alpha value is -2.03. The molecule has 32 heavy (non-hydrogen) atoms. The minimum absolute atomic E-state index is 0.153. The van der Waals surface area contributed by atoms with Gasteiger partial charge in [0.15, 0.2) is 0 Å². The first-order valence-electron chi connectivity index (χ1n) is 11.1. The molecule has 1 N–H and O–H groups in total. The number of nitrogens with zero attached hydrogens (tertiary/aromatic N) is 3. The van der Waals surface area contributed by atoms with Gasteiger partial charge in [-0.25, -0.2) is 4.79 Å². The van der Waals surface area contributed by atoms with E-state index in [9.17, 15) is 9.59 Å². The minimum atomic E-state index is -0.218. The maximum absolute atomic E-state index is 12.8. The molecule has 0 fully saturated rings. The summed E-state index contributed by atoms with van der Waals surface area (Å²) < 4.78 is 7.12. The molecule has 1 aromatic carbocycles. The number of hydrogen-bond acceptors (Lipinski definition) is 6. The number of aromatic nitrogens is 2. The first-order valence-corrected chi connectivity index (χ1v) is 12.4. The fourth-order valence-corrected chi connectivity index (χ4v) is 5.08. The number of fused-ring (bicyclic) bond motifs is 1. The maximum atomic E-state index is 12.8. The third kappa shape index (κ3) is 6.05. The molecule has 0 saturated heterocycles. The molecule has 0 unspecified atom stereocenters. The summed E-state index contributed by atoms with van der Waals surface area (Å²) in [5.41, 5.74) is 2.51. The number of benzene rings is 1. The van der Waals surface area contributed by atoms with Crippen molar-refractivity contribution in [2.45, 2.75) is 51.1 Å². The molecule has 0 saturated carbocycles. The summed E-state index contributed by atoms with van der Waals surface area (Å²) in [6, 6.07) is 5.06. The fraction of sp³-hybridized carbons (Fsp3) is 0.522. The summed E-state index contributed by atoms with van der Waals surface area (Å²) in [6.07, 6.45) is 3.71. The molecule has 0 spiro atoms. The number of hydrogen-bond donors (Lipinski definition) is 1. The normalized spacial score (nSPS) is 12.8. The molecule has 3 rings (SSSR count). The van der Waals surface area contributed by atoms with Crippen molar-refractivity contribution in [1.82, 2.24) is 14.5 Å². The van der Waals surface area contributed by atoms with Gasteiger partial charge in [0.05, 0.1) is 18.6 Å². The van der Waals surface area contributed by atoms with Crippen molar-refractivity contribution in [1.29, 1.82) is 0 Å². The molecular weight excluding hydrogens is 448 g/mol. The molecule has 9 heteroatoms. The van der Waals surface area contributed by atoms with Crippen LogP contribution in [-0.4, -0.2) is 52.9 Å². The van der Waals surface area contributed by atoms with Crippen LogP contribution in [0.25, 0.3) is 0 Å². The van der Waals surface area contributed by atoms with Gasteiger partial charge in [0.25, 0.3) is 0 Å². The van der Waals surface area contributed by atoms with Gasteiger partial charge in [0.2, 0.25) is 5.91 Å². The van der Waals surface area contributed by atoms with E-state index in [0.29, 0.717) is 28.0 Å². The number of thioether (sulfide) groups is 1. The molecule has 0 bridgehead atoms. The molecule has 0 radical (unpaired) electrons. The predicted molar refractivity (Wildman–Crippen MR) is 130 cm³/mol. The maximum Gasteiger partial charge on any atom is 0.348 e. The van der Waals surface area contributed by atoms with Gasteiger partial charge in [-0.05, 0) is 63.5 Å². The van der Waals surface area contributed by atoms with E-state index in [2.05, 4.69) is 29.0 Å². The van der Waals surface area contributed by atoms with Gasteiger partial charge in [-0.1, -0.05) is 37.2 Å². The molecule has 0 aliphatic heterocycles. The van der Waals surface area contributed by atoms with E-state index >= 15 is 0 Å². The standard InChI is InChI=1S/C23H31ClN4O3S/c1-4-27(5-2)12-7-13-28-19-9-6-8-17(19)22(26-23(28)30)32-15-21(29)25-18-14-16(24)10-11-20(18)31-3/h10-11,14H,4-9,12-13,15H2,1-3H3,(H,25,29). The van der Waals surface area contributed by atoms with Crippen LogP contribution < -0.4 is 15.7 Å². The highest BCUT2D eigenvalue weighted by molar-refractivity contribution is 8.00. The van der Waals surface area contributed by atoms with Gasteiger partial charge in [-0.2, -0.15) is 4.98 Å². The number of rotatable bonds is 11. The minimum Gasteiger partial charge on any atom is -0.495 e. The number of carbonyl (C=O) groups is 1. The fourth-order valence-electron chi connectivity index (χ4n) is 4.03. The average Bonchev–Trinajstić information content (AvgIpc) is 3.27. The van der Waals surface area contributed by atoms with Crippen molar-refractivity contribution in [2.24, 2.45) is 0 Å². The molecule has 174 valence electrons. The third-order valence-electron chi connectivity index (χ3n) is 5.73. The summed E-state index contributed by atoms with van der Waals surface area (Å²) in [4.78, 5) is 32.0. The second-order valence-electron chi connectivity index (χ2n) is 7.69. The quantitative estimate of drug-likeness (QED) is 0.390. The summed E-state index contributed by atoms with van der Waals surface area (Å²) in [5.74, 6) is 0.493. The summed E-state index contributed by atoms with van der Waals surface area (Å²) in [7, 11) is 1.54. The molecule has 7 nitrogen and oxygen atoms in total. The smallest absolute Gasteiger partial charge is 0.348 e. The average molecular weight is 479 g/mol. The van der Waals surface area contributed by atoms with Crippen LogP contribution in [0.2, 0.25) is 5.02 Å². The van der Waals surface area contributed by atoms with Gasteiger partial charge >= 0.3 is 5.69 Å². The first-order chi connectivity index (χ1) is 15.5. The molecule has 1 aromatic heterocycles. The van der Waals surface area contributed by atoms with E-state index in [1.54, 1.807) is 18.2 Å². The van der Waals surface area contributed by atoms with Gasteiger partial charge in [0, 0.05) is 22.8 Å². The van der Waals surface area contributed by atoms with Crippen LogP contribution in [0.15, 0.2) is 28.0 Å². The Bertz CT molecular complexity index is 1010. The van der Waals surface area contributed by atoms with Crippen molar-refractivity contribution in [3.8, 4) is 5.75 Å². The number of amides is 1. The second-order valence-corrected chi connectivity index (χ2v) is 9.09. The number of halogens is 1. The Labute approximate surface area is 198 Å². The topological polar surface area (TPSA) is 76.5 Å². The number of ether oxygens (including phenoxy) is 1. The number of carbonyl (C=O) groups excluding carboxylic acids is 1. The number of anilines is 1. The summed E-state index contributed by atoms with van der Waals surface area (Å²) >= 11 is 7.35. The zero-order valence-corrected chi connectivity index (χ0v) is 20.5. The molecular formula is C23H31ClN4O3S. The highest BCUT2D eigenvalue weighted by atomic mass is 35.5. The molecule has 1 amide bonds. The van der Waals surface area contributed by atoms with E-state index in [0.717, 1.165) is 56.6 Å². The first kappa shape index (κ1) is 24.6. The SMILES string of the molecule is CCN(CC)CCCn1c2c(c(SCC(=O)Nc3cc(Cl)ccc3OC)nc1=O)CCC2. The Morgan fingerprint density at radius 3 is 2.81 bits per heavy atom. The van der Waals surface area contributed by atoms with Crippen molar-refractivity contribution in [2.75, 3.05) is 37.8 Å². The molecule has 1 heterocycles. The van der Waals surface area contributed by atoms with Crippen LogP contribution >= 0.6 is 23.4 Å². The number of nitrogens with one attached hydrogen (secondary N) is 1. The van der Waals surface area contributed by atoms with Crippen molar-refractivity contribution >= 4 is 35.0 Å². The Balaban J connectivity index is 1.67. The lowest BCUT2D eigenvalue weighted by Gasteiger charge is -2.19. The van der Waals surface area contributed by atoms with Crippen LogP contribution in [0.1, 0.15) is 37.9 Å². The van der Waals surface area contributed by atoms with Crippen LogP contribution in [0.3, 0.4) is 0 Å². The Morgan fingerprint density at radius 2 is 2.09 bits per heavy atom. The van der Waals surface area contributed by atoms with Gasteiger partial charge < -0.3 is 15.0 Å². The van der Waals surface area contributed by atoms with E-state index in [-0.39, 0.29) is 17.3 Å². The lowest BCUT2D eigenvalue weighted by molar-refractivity contribution is -0.113. The van der Waals surface area contributed by atoms with Crippen LogP contribution in [0, 0.1) is 0 Å². The van der Waals surface area contributed by atoms with E-state index in [4.69, 9.17) is 16.3 Å². The van der Waals surface area contributed by atoms with E-state index < -0.39 is 0 Å². The monoisotopic (exact) mass is 478 g/mol. The summed E-state index contributed by atoms with van der Waals surface area (Å²) in [6.45, 7) is 7.99. The van der Waals surface area contributed by atoms with Gasteiger partial charge in [0.1, 0.15) is 10.8 Å². The van der Waals surface area contributed by atoms with E-state index in [1.165, 1.54) is 18.9 Å². The lowest BCUT2D eigenvalue weighted by atomic mass is 10.2. The highest BCUT2D eigenvalue weighted by Gasteiger charge is 2.22. The molecule has 0 atom stereocenters. The zero-order valence-electron chi connectivity index (χ0n) is 18.9. The van der Waals surface area contributed by atoms with Crippen molar-refractivity contribution in [3.05, 3.63) is 45.0 Å². The van der Waals surface area contributed by atoms with Gasteiger partial charge in [-0.15, -0.1) is 0 Å². The summed E-state index contributed by atoms with van der Waals surface area (Å²) in [5, 5.41) is 4.02. The molecule has 1 aliphatic rings. The van der Waals surface area contributed by atoms with Crippen LogP contribution in [-0.2, 0) is 24.2 Å². The van der Waals surface area contributed by atoms with Crippen LogP contribution in [0.4, 0.5) is 5.69 Å². The highest BCUT2D eigenvalue weighted by Crippen LogP contribution is 2.31. The Kier molecular flexibility index (Phi) is 9.02. The van der Waals surface area contributed by atoms with Crippen molar-refractivity contribution < 1.29 is 9.53 Å².